The van der Waals surface area contributed by atoms with Crippen LogP contribution in [0.25, 0.3) is 99.5 Å². The van der Waals surface area contributed by atoms with Gasteiger partial charge in [0, 0.05) is 55.1 Å². The molecule has 0 aliphatic heterocycles. The topological polar surface area (TPSA) is 29.5 Å². The number of hydrogen-bond acceptors (Lipinski definition) is 3. The predicted octanol–water partition coefficient (Wildman–Crippen LogP) is 17.9. The summed E-state index contributed by atoms with van der Waals surface area (Å²) in [5.74, 6) is 0. The van der Waals surface area contributed by atoms with E-state index in [1.54, 1.807) is 0 Å². The molecule has 0 spiro atoms. The number of nitrogens with zero attached hydrogens (tertiary/aromatic N) is 1. The first-order chi connectivity index (χ1) is 32.5. The van der Waals surface area contributed by atoms with Crippen LogP contribution in [0, 0.1) is 0 Å². The minimum absolute atomic E-state index is 0.161. The van der Waals surface area contributed by atoms with Crippen molar-refractivity contribution in [3.63, 3.8) is 0 Å². The molecule has 2 aromatic heterocycles. The van der Waals surface area contributed by atoms with Crippen LogP contribution in [0.15, 0.2) is 233 Å². The lowest BCUT2D eigenvalue weighted by Gasteiger charge is -2.26. The van der Waals surface area contributed by atoms with Crippen molar-refractivity contribution < 1.29 is 8.83 Å². The second-order valence-electron chi connectivity index (χ2n) is 18.1. The van der Waals surface area contributed by atoms with E-state index in [0.29, 0.717) is 0 Å². The van der Waals surface area contributed by atoms with Crippen LogP contribution in [-0.2, 0) is 5.41 Å². The molecule has 0 bridgehead atoms. The Morgan fingerprint density at radius 1 is 0.303 bits per heavy atom. The Kier molecular flexibility index (Phi) is 8.56. The molecule has 10 aromatic carbocycles. The Labute approximate surface area is 383 Å². The van der Waals surface area contributed by atoms with Gasteiger partial charge in [-0.3, -0.25) is 0 Å². The molecule has 3 nitrogen and oxygen atoms in total. The Bertz CT molecular complexity index is 3830. The molecule has 3 heteroatoms. The lowest BCUT2D eigenvalue weighted by atomic mass is 9.81. The lowest BCUT2D eigenvalue weighted by Crippen LogP contribution is -2.15. The fraction of sp³-hybridized carbons (Fsp3) is 0.0476. The second-order valence-corrected chi connectivity index (χ2v) is 18.1. The largest absolute Gasteiger partial charge is 0.455 e. The summed E-state index contributed by atoms with van der Waals surface area (Å²) in [5, 5.41) is 4.55. The molecular weight excluding hydrogens is 803 g/mol. The van der Waals surface area contributed by atoms with Crippen LogP contribution < -0.4 is 4.90 Å². The standard InChI is InChI=1S/C63H43NO2/c1-63(2)57-36-30-43(38-56(57)51-35-29-45(39-58(51)63)50-20-12-22-55-53-18-7-9-24-60(53)66-62(50)55)42-27-33-47(34-28-42)64(46-31-25-41(26-32-46)40-13-4-3-5-14-40)48-16-10-15-44(37-48)49-19-11-21-54-52-17-6-8-23-59(52)65-61(49)54/h3-39H,1-2H3. The van der Waals surface area contributed by atoms with Crippen molar-refractivity contribution in [3.05, 3.63) is 236 Å². The Hall–Kier alpha value is -8.40. The third-order valence-corrected chi connectivity index (χ3v) is 13.9. The number of rotatable bonds is 7. The van der Waals surface area contributed by atoms with Crippen LogP contribution in [-0.4, -0.2) is 0 Å². The molecule has 0 atom stereocenters. The van der Waals surface area contributed by atoms with E-state index in [9.17, 15) is 0 Å². The van der Waals surface area contributed by atoms with Gasteiger partial charge in [0.05, 0.1) is 0 Å². The first-order valence-corrected chi connectivity index (χ1v) is 22.7. The molecule has 1 aliphatic rings. The molecule has 0 radical (unpaired) electrons. The van der Waals surface area contributed by atoms with E-state index in [4.69, 9.17) is 8.83 Å². The Morgan fingerprint density at radius 3 is 1.42 bits per heavy atom. The van der Waals surface area contributed by atoms with Crippen molar-refractivity contribution in [1.82, 2.24) is 0 Å². The third-order valence-electron chi connectivity index (χ3n) is 13.9. The van der Waals surface area contributed by atoms with Crippen LogP contribution in [0.5, 0.6) is 0 Å². The monoisotopic (exact) mass is 845 g/mol. The predicted molar refractivity (Wildman–Crippen MR) is 275 cm³/mol. The highest BCUT2D eigenvalue weighted by atomic mass is 16.3. The van der Waals surface area contributed by atoms with Gasteiger partial charge in [0.25, 0.3) is 0 Å². The summed E-state index contributed by atoms with van der Waals surface area (Å²) in [7, 11) is 0. The van der Waals surface area contributed by atoms with Crippen molar-refractivity contribution in [1.29, 1.82) is 0 Å². The zero-order valence-electron chi connectivity index (χ0n) is 36.6. The van der Waals surface area contributed by atoms with Gasteiger partial charge in [-0.25, -0.2) is 0 Å². The summed E-state index contributed by atoms with van der Waals surface area (Å²) >= 11 is 0. The number of para-hydroxylation sites is 4. The number of fused-ring (bicyclic) bond motifs is 9. The zero-order valence-corrected chi connectivity index (χ0v) is 36.6. The van der Waals surface area contributed by atoms with E-state index in [1.165, 1.54) is 50.1 Å². The van der Waals surface area contributed by atoms with Gasteiger partial charge in [-0.2, -0.15) is 0 Å². The summed E-state index contributed by atoms with van der Waals surface area (Å²) < 4.78 is 13.0. The molecule has 2 heterocycles. The molecule has 0 amide bonds. The fourth-order valence-electron chi connectivity index (χ4n) is 10.5. The Balaban J connectivity index is 0.871. The molecular formula is C63H43NO2. The highest BCUT2D eigenvalue weighted by Crippen LogP contribution is 2.51. The van der Waals surface area contributed by atoms with Crippen LogP contribution in [0.4, 0.5) is 17.1 Å². The molecule has 66 heavy (non-hydrogen) atoms. The number of anilines is 3. The number of furan rings is 2. The minimum Gasteiger partial charge on any atom is -0.455 e. The zero-order chi connectivity index (χ0) is 43.9. The van der Waals surface area contributed by atoms with Crippen LogP contribution in [0.2, 0.25) is 0 Å². The van der Waals surface area contributed by atoms with E-state index in [1.807, 2.05) is 18.2 Å². The van der Waals surface area contributed by atoms with Crippen LogP contribution >= 0.6 is 0 Å². The Morgan fingerprint density at radius 2 is 0.788 bits per heavy atom. The van der Waals surface area contributed by atoms with Gasteiger partial charge in [-0.05, 0) is 116 Å². The van der Waals surface area contributed by atoms with Crippen LogP contribution in [0.1, 0.15) is 25.0 Å². The average molecular weight is 846 g/mol. The van der Waals surface area contributed by atoms with Crippen LogP contribution in [0.3, 0.4) is 0 Å². The molecule has 1 aliphatic carbocycles. The van der Waals surface area contributed by atoms with Gasteiger partial charge in [-0.1, -0.05) is 178 Å². The smallest absolute Gasteiger partial charge is 0.143 e. The fourth-order valence-corrected chi connectivity index (χ4v) is 10.5. The van der Waals surface area contributed by atoms with Crippen molar-refractivity contribution >= 4 is 60.9 Å². The van der Waals surface area contributed by atoms with E-state index in [2.05, 4.69) is 225 Å². The van der Waals surface area contributed by atoms with E-state index in [0.717, 1.165) is 77.6 Å². The highest BCUT2D eigenvalue weighted by Gasteiger charge is 2.36. The molecule has 0 fully saturated rings. The van der Waals surface area contributed by atoms with Gasteiger partial charge < -0.3 is 13.7 Å². The van der Waals surface area contributed by atoms with Gasteiger partial charge in [0.1, 0.15) is 22.3 Å². The third kappa shape index (κ3) is 6.04. The summed E-state index contributed by atoms with van der Waals surface area (Å²) in [6.07, 6.45) is 0. The van der Waals surface area contributed by atoms with E-state index >= 15 is 0 Å². The summed E-state index contributed by atoms with van der Waals surface area (Å²) in [6.45, 7) is 4.70. The van der Waals surface area contributed by atoms with Crippen molar-refractivity contribution in [2.75, 3.05) is 4.90 Å². The van der Waals surface area contributed by atoms with E-state index < -0.39 is 0 Å². The first kappa shape index (κ1) is 38.1. The molecule has 12 aromatic rings. The first-order valence-electron chi connectivity index (χ1n) is 22.7. The van der Waals surface area contributed by atoms with Crippen molar-refractivity contribution in [2.24, 2.45) is 0 Å². The summed E-state index contributed by atoms with van der Waals surface area (Å²) in [6, 6.07) is 80.8. The average Bonchev–Trinajstić information content (AvgIpc) is 4.02. The lowest BCUT2D eigenvalue weighted by molar-refractivity contribution is 0.660. The minimum atomic E-state index is -0.161. The van der Waals surface area contributed by atoms with Gasteiger partial charge in [-0.15, -0.1) is 0 Å². The molecule has 0 unspecified atom stereocenters. The highest BCUT2D eigenvalue weighted by molar-refractivity contribution is 6.11. The second kappa shape index (κ2) is 14.8. The molecule has 0 saturated carbocycles. The maximum absolute atomic E-state index is 6.51. The summed E-state index contributed by atoms with van der Waals surface area (Å²) in [4.78, 5) is 2.35. The van der Waals surface area contributed by atoms with Crippen molar-refractivity contribution in [2.45, 2.75) is 19.3 Å². The van der Waals surface area contributed by atoms with Gasteiger partial charge >= 0.3 is 0 Å². The van der Waals surface area contributed by atoms with E-state index in [-0.39, 0.29) is 5.41 Å². The molecule has 0 N–H and O–H groups in total. The van der Waals surface area contributed by atoms with Gasteiger partial charge in [0.2, 0.25) is 0 Å². The van der Waals surface area contributed by atoms with Crippen molar-refractivity contribution in [3.8, 4) is 55.6 Å². The van der Waals surface area contributed by atoms with Gasteiger partial charge in [0.15, 0.2) is 0 Å². The number of benzene rings is 10. The maximum atomic E-state index is 6.51. The number of hydrogen-bond donors (Lipinski definition) is 0. The molecule has 13 rings (SSSR count). The SMILES string of the molecule is CC1(C)c2ccc(-c3ccc(N(c4ccc(-c5ccccc5)cc4)c4cccc(-c5cccc6c5oc5ccccc56)c4)cc3)cc2-c2ccc(-c3cccc4c3oc3ccccc34)cc21. The summed E-state index contributed by atoms with van der Waals surface area (Å²) in [5.41, 5.74) is 21.2. The quantitative estimate of drug-likeness (QED) is 0.160. The molecule has 312 valence electrons. The normalized spacial score (nSPS) is 12.8. The maximum Gasteiger partial charge on any atom is 0.143 e. The molecule has 0 saturated heterocycles.